The lowest BCUT2D eigenvalue weighted by Gasteiger charge is -2.15. The summed E-state index contributed by atoms with van der Waals surface area (Å²) in [6.07, 6.45) is -10.7. The predicted molar refractivity (Wildman–Crippen MR) is 59.2 cm³/mol. The van der Waals surface area contributed by atoms with Crippen LogP contribution < -0.4 is 15.2 Å². The largest absolute Gasteiger partial charge is 0.573 e. The Balaban J connectivity index is 3.30. The number of carbonyl (C=O) groups excluding carboxylic acids is 1. The highest BCUT2D eigenvalue weighted by Gasteiger charge is 2.40. The summed E-state index contributed by atoms with van der Waals surface area (Å²) in [7, 11) is -4.44. The second-order valence-electron chi connectivity index (χ2n) is 3.70. The number of primary sulfonamides is 1. The maximum absolute atomic E-state index is 12.2. The van der Waals surface area contributed by atoms with E-state index in [1.807, 2.05) is 0 Å². The third kappa shape index (κ3) is 5.07. The average Bonchev–Trinajstić information content (AvgIpc) is 2.26. The number of ether oxygens (including phenoxy) is 1. The van der Waals surface area contributed by atoms with E-state index in [0.717, 1.165) is 5.32 Å². The summed E-state index contributed by atoms with van der Waals surface area (Å²) in [6.45, 7) is 0. The van der Waals surface area contributed by atoms with Crippen molar-refractivity contribution < 1.29 is 44.3 Å². The molecule has 0 atom stereocenters. The van der Waals surface area contributed by atoms with Crippen LogP contribution in [0.3, 0.4) is 0 Å². The summed E-state index contributed by atoms with van der Waals surface area (Å²) < 4.78 is 98.2. The summed E-state index contributed by atoms with van der Waals surface area (Å²) in [5, 5.41) is 5.81. The lowest BCUT2D eigenvalue weighted by molar-refractivity contribution is -0.274. The number of alkyl halides is 6. The molecule has 0 saturated heterocycles. The molecule has 0 radical (unpaired) electrons. The van der Waals surface area contributed by atoms with Gasteiger partial charge in [-0.05, 0) is 12.1 Å². The van der Waals surface area contributed by atoms with Gasteiger partial charge in [0.15, 0.2) is 5.75 Å². The molecule has 13 heteroatoms. The lowest BCUT2D eigenvalue weighted by atomic mass is 10.3. The van der Waals surface area contributed by atoms with Gasteiger partial charge >= 0.3 is 18.4 Å². The molecular formula is C9H6F6N2O4S. The number of anilines is 1. The zero-order valence-electron chi connectivity index (χ0n) is 10.1. The average molecular weight is 352 g/mol. The minimum atomic E-state index is -5.37. The predicted octanol–water partition coefficient (Wildman–Crippen LogP) is 1.73. The number of benzene rings is 1. The Kier molecular flexibility index (Phi) is 4.62. The molecule has 0 bridgehead atoms. The Hall–Kier alpha value is -2.02. The highest BCUT2D eigenvalue weighted by molar-refractivity contribution is 7.89. The molecule has 124 valence electrons. The summed E-state index contributed by atoms with van der Waals surface area (Å²) in [5.74, 6) is -3.93. The number of hydrogen-bond acceptors (Lipinski definition) is 4. The van der Waals surface area contributed by atoms with Crippen LogP contribution in [0.5, 0.6) is 5.75 Å². The Morgan fingerprint density at radius 1 is 1.14 bits per heavy atom. The molecule has 0 fully saturated rings. The molecule has 1 aromatic carbocycles. The molecule has 0 aliphatic rings. The van der Waals surface area contributed by atoms with Crippen LogP contribution in [0.4, 0.5) is 32.0 Å². The molecule has 3 N–H and O–H groups in total. The van der Waals surface area contributed by atoms with Crippen molar-refractivity contribution in [2.75, 3.05) is 5.32 Å². The highest BCUT2D eigenvalue weighted by atomic mass is 32.2. The van der Waals surface area contributed by atoms with E-state index < -0.39 is 44.8 Å². The van der Waals surface area contributed by atoms with E-state index in [0.29, 0.717) is 12.1 Å². The minimum absolute atomic E-state index is 0.231. The number of rotatable bonds is 3. The van der Waals surface area contributed by atoms with Crippen LogP contribution in [0, 0.1) is 0 Å². The quantitative estimate of drug-likeness (QED) is 0.810. The third-order valence-corrected chi connectivity index (χ3v) is 2.92. The van der Waals surface area contributed by atoms with Crippen LogP contribution in [0.25, 0.3) is 0 Å². The molecule has 1 rings (SSSR count). The number of carbonyl (C=O) groups is 1. The maximum atomic E-state index is 12.2. The van der Waals surface area contributed by atoms with E-state index in [1.54, 1.807) is 0 Å². The molecule has 1 aromatic rings. The van der Waals surface area contributed by atoms with Crippen molar-refractivity contribution in [3.8, 4) is 5.75 Å². The van der Waals surface area contributed by atoms with Gasteiger partial charge in [0.1, 0.15) is 0 Å². The van der Waals surface area contributed by atoms with Crippen LogP contribution in [-0.4, -0.2) is 26.9 Å². The maximum Gasteiger partial charge on any atom is 0.573 e. The van der Waals surface area contributed by atoms with Crippen molar-refractivity contribution in [3.63, 3.8) is 0 Å². The van der Waals surface area contributed by atoms with Gasteiger partial charge in [0.25, 0.3) is 0 Å². The molecule has 0 saturated carbocycles. The smallest absolute Gasteiger partial charge is 0.404 e. The van der Waals surface area contributed by atoms with E-state index >= 15 is 0 Å². The first kappa shape index (κ1) is 18.0. The van der Waals surface area contributed by atoms with Crippen LogP contribution >= 0.6 is 0 Å². The fraction of sp³-hybridized carbons (Fsp3) is 0.222. The zero-order chi connectivity index (χ0) is 17.3. The zero-order valence-corrected chi connectivity index (χ0v) is 10.9. The normalized spacial score (nSPS) is 12.9. The third-order valence-electron chi connectivity index (χ3n) is 2.01. The molecule has 0 heterocycles. The van der Waals surface area contributed by atoms with Gasteiger partial charge in [-0.25, -0.2) is 13.6 Å². The van der Waals surface area contributed by atoms with Crippen molar-refractivity contribution in [1.82, 2.24) is 0 Å². The molecule has 0 aromatic heterocycles. The number of nitrogens with one attached hydrogen (secondary N) is 1. The first-order valence-corrected chi connectivity index (χ1v) is 6.55. The molecule has 0 aliphatic heterocycles. The van der Waals surface area contributed by atoms with Crippen molar-refractivity contribution in [3.05, 3.63) is 18.2 Å². The van der Waals surface area contributed by atoms with E-state index in [4.69, 9.17) is 0 Å². The van der Waals surface area contributed by atoms with Gasteiger partial charge in [-0.2, -0.15) is 13.2 Å². The van der Waals surface area contributed by atoms with E-state index in [9.17, 15) is 39.6 Å². The van der Waals surface area contributed by atoms with Gasteiger partial charge < -0.3 is 10.1 Å². The highest BCUT2D eigenvalue weighted by Crippen LogP contribution is 2.33. The number of halogens is 6. The van der Waals surface area contributed by atoms with Crippen molar-refractivity contribution in [2.45, 2.75) is 17.4 Å². The Bertz CT molecular complexity index is 682. The van der Waals surface area contributed by atoms with Crippen LogP contribution in [0.15, 0.2) is 23.1 Å². The van der Waals surface area contributed by atoms with Crippen LogP contribution in [0.1, 0.15) is 0 Å². The topological polar surface area (TPSA) is 98.5 Å². The fourth-order valence-electron chi connectivity index (χ4n) is 1.19. The summed E-state index contributed by atoms with van der Waals surface area (Å²) >= 11 is 0. The van der Waals surface area contributed by atoms with E-state index in [2.05, 4.69) is 9.88 Å². The first-order chi connectivity index (χ1) is 9.70. The Morgan fingerprint density at radius 3 is 2.09 bits per heavy atom. The summed E-state index contributed by atoms with van der Waals surface area (Å²) in [5.41, 5.74) is -1.04. The monoisotopic (exact) mass is 352 g/mol. The van der Waals surface area contributed by atoms with Gasteiger partial charge in [0, 0.05) is 6.07 Å². The molecular weight excluding hydrogens is 346 g/mol. The van der Waals surface area contributed by atoms with Gasteiger partial charge in [0.05, 0.1) is 10.6 Å². The molecule has 0 aliphatic carbocycles. The van der Waals surface area contributed by atoms with Gasteiger partial charge in [-0.15, -0.1) is 13.2 Å². The van der Waals surface area contributed by atoms with E-state index in [-0.39, 0.29) is 6.07 Å². The first-order valence-electron chi connectivity index (χ1n) is 5.01. The molecule has 1 amide bonds. The van der Waals surface area contributed by atoms with Crippen molar-refractivity contribution in [2.24, 2.45) is 5.14 Å². The van der Waals surface area contributed by atoms with Gasteiger partial charge in [0.2, 0.25) is 10.0 Å². The number of amides is 1. The minimum Gasteiger partial charge on any atom is -0.404 e. The fourth-order valence-corrected chi connectivity index (χ4v) is 1.71. The number of sulfonamides is 1. The molecule has 0 unspecified atom stereocenters. The Morgan fingerprint density at radius 2 is 1.68 bits per heavy atom. The van der Waals surface area contributed by atoms with Crippen LogP contribution in [-0.2, 0) is 14.8 Å². The van der Waals surface area contributed by atoms with Crippen molar-refractivity contribution >= 4 is 21.6 Å². The second kappa shape index (κ2) is 5.64. The van der Waals surface area contributed by atoms with Gasteiger partial charge in [-0.3, -0.25) is 4.79 Å². The number of hydrogen-bond donors (Lipinski definition) is 2. The summed E-state index contributed by atoms with van der Waals surface area (Å²) in [4.78, 5) is 9.87. The summed E-state index contributed by atoms with van der Waals surface area (Å²) in [6, 6.07) is 1.31. The van der Waals surface area contributed by atoms with Crippen LogP contribution in [0.2, 0.25) is 0 Å². The molecule has 0 spiro atoms. The SMILES string of the molecule is NS(=O)(=O)c1ccc(NC(=O)C(F)(F)F)c(OC(F)(F)F)c1. The lowest BCUT2D eigenvalue weighted by Crippen LogP contribution is -2.30. The molecule has 6 nitrogen and oxygen atoms in total. The Labute approximate surface area is 118 Å². The van der Waals surface area contributed by atoms with Crippen molar-refractivity contribution in [1.29, 1.82) is 0 Å². The number of nitrogens with two attached hydrogens (primary N) is 1. The van der Waals surface area contributed by atoms with E-state index in [1.165, 1.54) is 0 Å². The van der Waals surface area contributed by atoms with Gasteiger partial charge in [-0.1, -0.05) is 0 Å². The molecule has 22 heavy (non-hydrogen) atoms. The second-order valence-corrected chi connectivity index (χ2v) is 5.26. The standard InChI is InChI=1S/C9H6F6N2O4S/c10-8(11,12)7(18)17-5-2-1-4(22(16,19)20)3-6(5)21-9(13,14)15/h1-3H,(H,17,18)(H2,16,19,20).